The molecule has 1 fully saturated rings. The van der Waals surface area contributed by atoms with Gasteiger partial charge in [0.05, 0.1) is 18.1 Å². The first-order chi connectivity index (χ1) is 18.6. The van der Waals surface area contributed by atoms with Crippen molar-refractivity contribution in [1.29, 1.82) is 0 Å². The Hall–Kier alpha value is -3.89. The number of benzene rings is 1. The average molecular weight is 535 g/mol. The number of aromatic hydroxyl groups is 1. The number of aliphatic hydroxyl groups is 3. The summed E-state index contributed by atoms with van der Waals surface area (Å²) in [4.78, 5) is 41.4. The molecule has 1 amide bonds. The Kier molecular flexibility index (Phi) is 5.92. The van der Waals surface area contributed by atoms with Gasteiger partial charge >= 0.3 is 0 Å². The zero-order valence-corrected chi connectivity index (χ0v) is 21.3. The van der Waals surface area contributed by atoms with Crippen molar-refractivity contribution in [3.63, 3.8) is 0 Å². The second-order valence-corrected chi connectivity index (χ2v) is 11.0. The number of hydrogen-bond donors (Lipinski definition) is 5. The molecular weight excluding hydrogens is 504 g/mol. The number of Topliss-reactive ketones (excluding diaryl/α,β-unsaturated/α-hetero) is 2. The van der Waals surface area contributed by atoms with Crippen molar-refractivity contribution in [2.24, 2.45) is 17.6 Å². The fourth-order valence-corrected chi connectivity index (χ4v) is 6.90. The first kappa shape index (κ1) is 25.4. The van der Waals surface area contributed by atoms with Gasteiger partial charge in [-0.15, -0.1) is 0 Å². The number of phenolic OH excluding ortho intramolecular Hbond substituents is 1. The van der Waals surface area contributed by atoms with Gasteiger partial charge in [-0.05, 0) is 68.0 Å². The lowest BCUT2D eigenvalue weighted by Crippen LogP contribution is -2.57. The topological polar surface area (TPSA) is 175 Å². The number of phenols is 1. The molecule has 3 atom stereocenters. The van der Waals surface area contributed by atoms with Gasteiger partial charge in [0.25, 0.3) is 5.91 Å². The molecular formula is C29H30N2O8. The normalized spacial score (nSPS) is 27.3. The summed E-state index contributed by atoms with van der Waals surface area (Å²) in [5.41, 5.74) is 4.32. The summed E-state index contributed by atoms with van der Waals surface area (Å²) in [6, 6.07) is 3.56. The lowest BCUT2D eigenvalue weighted by Gasteiger charge is -2.46. The minimum atomic E-state index is -2.58. The smallest absolute Gasteiger partial charge is 0.255 e. The maximum atomic E-state index is 14.1. The first-order valence-corrected chi connectivity index (χ1v) is 13.2. The van der Waals surface area contributed by atoms with Gasteiger partial charge in [-0.2, -0.15) is 0 Å². The lowest BCUT2D eigenvalue weighted by atomic mass is 9.60. The summed E-state index contributed by atoms with van der Waals surface area (Å²) in [7, 11) is 0. The van der Waals surface area contributed by atoms with E-state index in [4.69, 9.17) is 10.2 Å². The molecule has 0 unspecified atom stereocenters. The predicted molar refractivity (Wildman–Crippen MR) is 138 cm³/mol. The number of piperidine rings is 1. The Labute approximate surface area is 224 Å². The third-order valence-electron chi connectivity index (χ3n) is 8.83. The molecule has 39 heavy (non-hydrogen) atoms. The Morgan fingerprint density at radius 3 is 2.54 bits per heavy atom. The van der Waals surface area contributed by atoms with Crippen LogP contribution in [-0.2, 0) is 22.6 Å². The van der Waals surface area contributed by atoms with E-state index in [2.05, 4.69) is 4.90 Å². The number of furan rings is 1. The van der Waals surface area contributed by atoms with E-state index in [1.165, 1.54) is 18.9 Å². The van der Waals surface area contributed by atoms with Crippen molar-refractivity contribution in [2.75, 3.05) is 13.1 Å². The fraction of sp³-hybridized carbons (Fsp3) is 0.414. The van der Waals surface area contributed by atoms with Crippen molar-refractivity contribution in [2.45, 2.75) is 50.7 Å². The van der Waals surface area contributed by atoms with Gasteiger partial charge in [-0.3, -0.25) is 19.3 Å². The Bertz CT molecular complexity index is 1460. The standard InChI is InChI=1S/C29H30N2O8/c30-28(37)23-20(32)11-17-8-15-9-18-16(12-31-5-2-1-3-6-31)10-19(14-4-7-39-13-14)24(33)22(18)25(34)21(15)26(35)29(17,38)27(23)36/h4,7,10,13,15,17,32-33,35,38H,1-3,5-6,8-9,11-12H2,(H2,30,37)/t15-,17+,29+/m1/s1. The highest BCUT2D eigenvalue weighted by Gasteiger charge is 2.59. The van der Waals surface area contributed by atoms with Crippen LogP contribution in [0.3, 0.4) is 0 Å². The first-order valence-electron chi connectivity index (χ1n) is 13.2. The third kappa shape index (κ3) is 3.73. The van der Waals surface area contributed by atoms with Crippen molar-refractivity contribution in [1.82, 2.24) is 4.90 Å². The molecule has 0 bridgehead atoms. The van der Waals surface area contributed by atoms with E-state index in [-0.39, 0.29) is 36.1 Å². The SMILES string of the molecule is NC(=O)C1=C(O)C[C@@H]2C[C@@H]3Cc4c(CN5CCCCC5)cc(-c5ccoc5)c(O)c4C(=O)C3=C(O)[C@]2(O)C1=O. The number of carbonyl (C=O) groups is 3. The molecule has 1 saturated heterocycles. The predicted octanol–water partition coefficient (Wildman–Crippen LogP) is 2.83. The van der Waals surface area contributed by atoms with Crippen molar-refractivity contribution in [3.8, 4) is 16.9 Å². The van der Waals surface area contributed by atoms with Crippen LogP contribution in [0.15, 0.2) is 51.7 Å². The van der Waals surface area contributed by atoms with Crippen molar-refractivity contribution >= 4 is 17.5 Å². The highest BCUT2D eigenvalue weighted by Crippen LogP contribution is 2.52. The second-order valence-electron chi connectivity index (χ2n) is 11.0. The number of hydrogen-bond acceptors (Lipinski definition) is 9. The van der Waals surface area contributed by atoms with Crippen LogP contribution in [0.4, 0.5) is 0 Å². The Morgan fingerprint density at radius 1 is 1.13 bits per heavy atom. The highest BCUT2D eigenvalue weighted by atomic mass is 16.3. The second kappa shape index (κ2) is 9.10. The number of rotatable bonds is 4. The number of fused-ring (bicyclic) bond motifs is 3. The summed E-state index contributed by atoms with van der Waals surface area (Å²) in [5.74, 6) is -6.30. The van der Waals surface area contributed by atoms with Crippen LogP contribution in [0.2, 0.25) is 0 Å². The number of aliphatic hydroxyl groups excluding tert-OH is 2. The van der Waals surface area contributed by atoms with Crippen LogP contribution in [0, 0.1) is 11.8 Å². The van der Waals surface area contributed by atoms with Gasteiger partial charge in [0.2, 0.25) is 5.78 Å². The molecule has 10 heteroatoms. The quantitative estimate of drug-likeness (QED) is 0.369. The maximum Gasteiger partial charge on any atom is 0.255 e. The van der Waals surface area contributed by atoms with Gasteiger partial charge in [-0.1, -0.05) is 6.42 Å². The van der Waals surface area contributed by atoms with E-state index in [0.717, 1.165) is 31.5 Å². The van der Waals surface area contributed by atoms with E-state index in [0.29, 0.717) is 23.2 Å². The molecule has 6 rings (SSSR count). The number of allylic oxidation sites excluding steroid dienone is 2. The molecule has 0 saturated carbocycles. The number of amides is 1. The molecule has 1 aliphatic heterocycles. The van der Waals surface area contributed by atoms with Crippen LogP contribution in [-0.4, -0.2) is 61.5 Å². The van der Waals surface area contributed by atoms with Crippen LogP contribution in [0.5, 0.6) is 5.75 Å². The molecule has 4 aliphatic rings. The fourth-order valence-electron chi connectivity index (χ4n) is 6.90. The largest absolute Gasteiger partial charge is 0.511 e. The van der Waals surface area contributed by atoms with Crippen LogP contribution >= 0.6 is 0 Å². The van der Waals surface area contributed by atoms with Crippen molar-refractivity contribution < 1.29 is 39.2 Å². The summed E-state index contributed by atoms with van der Waals surface area (Å²) in [5, 5.41) is 44.5. The number of ketones is 2. The third-order valence-corrected chi connectivity index (χ3v) is 8.83. The van der Waals surface area contributed by atoms with E-state index < -0.39 is 52.0 Å². The maximum absolute atomic E-state index is 14.1. The van der Waals surface area contributed by atoms with E-state index >= 15 is 0 Å². The number of likely N-dealkylation sites (tertiary alicyclic amines) is 1. The average Bonchev–Trinajstić information content (AvgIpc) is 3.43. The van der Waals surface area contributed by atoms with Gasteiger partial charge < -0.3 is 30.6 Å². The minimum Gasteiger partial charge on any atom is -0.511 e. The molecule has 1 aromatic heterocycles. The zero-order chi connectivity index (χ0) is 27.6. The van der Waals surface area contributed by atoms with Gasteiger partial charge in [-0.25, -0.2) is 0 Å². The molecule has 10 nitrogen and oxygen atoms in total. The lowest BCUT2D eigenvalue weighted by molar-refractivity contribution is -0.144. The number of carbonyl (C=O) groups excluding carboxylic acids is 3. The zero-order valence-electron chi connectivity index (χ0n) is 21.3. The molecule has 0 spiro atoms. The molecule has 2 heterocycles. The van der Waals surface area contributed by atoms with Gasteiger partial charge in [0.15, 0.2) is 11.4 Å². The van der Waals surface area contributed by atoms with Gasteiger partial charge in [0.1, 0.15) is 22.8 Å². The molecule has 6 N–H and O–H groups in total. The Morgan fingerprint density at radius 2 is 1.87 bits per heavy atom. The monoisotopic (exact) mass is 534 g/mol. The molecule has 3 aliphatic carbocycles. The summed E-state index contributed by atoms with van der Waals surface area (Å²) < 4.78 is 5.22. The summed E-state index contributed by atoms with van der Waals surface area (Å²) in [6.07, 6.45) is 6.41. The number of primary amides is 1. The van der Waals surface area contributed by atoms with E-state index in [1.807, 2.05) is 6.07 Å². The summed E-state index contributed by atoms with van der Waals surface area (Å²) >= 11 is 0. The van der Waals surface area contributed by atoms with E-state index in [9.17, 15) is 34.8 Å². The molecule has 1 aromatic carbocycles. The molecule has 204 valence electrons. The summed E-state index contributed by atoms with van der Waals surface area (Å²) in [6.45, 7) is 2.42. The minimum absolute atomic E-state index is 0.0253. The van der Waals surface area contributed by atoms with Crippen LogP contribution < -0.4 is 5.73 Å². The molecule has 0 radical (unpaired) electrons. The van der Waals surface area contributed by atoms with E-state index in [1.54, 1.807) is 6.07 Å². The molecule has 2 aromatic rings. The van der Waals surface area contributed by atoms with Gasteiger partial charge in [0, 0.05) is 35.6 Å². The highest BCUT2D eigenvalue weighted by molar-refractivity contribution is 6.24. The Balaban J connectivity index is 1.51. The van der Waals surface area contributed by atoms with Crippen LogP contribution in [0.1, 0.15) is 53.6 Å². The number of nitrogens with zero attached hydrogens (tertiary/aromatic N) is 1. The van der Waals surface area contributed by atoms with Crippen LogP contribution in [0.25, 0.3) is 11.1 Å². The number of nitrogens with two attached hydrogens (primary N) is 1. The van der Waals surface area contributed by atoms with Crippen molar-refractivity contribution in [3.05, 3.63) is 64.0 Å².